The molecule has 3 rings (SSSR count). The Hall–Kier alpha value is -3.55. The van der Waals surface area contributed by atoms with E-state index in [1.54, 1.807) is 0 Å². The SMILES string of the molecule is C=C(N)NCCCC1C(=O)N(C(=O)NC(C)c2cccc3ccccc23)C1C(=O)O. The van der Waals surface area contributed by atoms with Crippen LogP contribution in [-0.2, 0) is 9.59 Å². The van der Waals surface area contributed by atoms with E-state index < -0.39 is 35.9 Å². The van der Waals surface area contributed by atoms with Crippen molar-refractivity contribution in [2.45, 2.75) is 31.8 Å². The van der Waals surface area contributed by atoms with Gasteiger partial charge in [-0.2, -0.15) is 0 Å². The number of carboxylic acids is 1. The summed E-state index contributed by atoms with van der Waals surface area (Å²) in [6.07, 6.45) is 0.886. The predicted molar refractivity (Wildman–Crippen MR) is 113 cm³/mol. The number of amides is 3. The van der Waals surface area contributed by atoms with Gasteiger partial charge in [-0.25, -0.2) is 14.5 Å². The number of rotatable bonds is 8. The van der Waals surface area contributed by atoms with Gasteiger partial charge in [-0.15, -0.1) is 0 Å². The first kappa shape index (κ1) is 21.2. The Kier molecular flexibility index (Phi) is 6.25. The highest BCUT2D eigenvalue weighted by Crippen LogP contribution is 2.32. The Balaban J connectivity index is 1.67. The number of nitrogens with two attached hydrogens (primary N) is 1. The number of carbonyl (C=O) groups excluding carboxylic acids is 2. The zero-order chi connectivity index (χ0) is 21.8. The smallest absolute Gasteiger partial charge is 0.327 e. The van der Waals surface area contributed by atoms with E-state index in [2.05, 4.69) is 17.2 Å². The predicted octanol–water partition coefficient (Wildman–Crippen LogP) is 2.32. The van der Waals surface area contributed by atoms with Crippen LogP contribution < -0.4 is 16.4 Å². The van der Waals surface area contributed by atoms with Crippen LogP contribution in [0.4, 0.5) is 4.79 Å². The fourth-order valence-corrected chi connectivity index (χ4v) is 3.87. The molecule has 1 heterocycles. The summed E-state index contributed by atoms with van der Waals surface area (Å²) in [6.45, 7) is 5.81. The minimum absolute atomic E-state index is 0.313. The molecule has 8 nitrogen and oxygen atoms in total. The Labute approximate surface area is 174 Å². The summed E-state index contributed by atoms with van der Waals surface area (Å²) in [6, 6.07) is 11.3. The second-order valence-electron chi connectivity index (χ2n) is 7.43. The molecule has 8 heteroatoms. The molecular weight excluding hydrogens is 384 g/mol. The molecule has 0 aromatic heterocycles. The highest BCUT2D eigenvalue weighted by molar-refractivity contribution is 6.07. The summed E-state index contributed by atoms with van der Waals surface area (Å²) in [5.74, 6) is -2.08. The average molecular weight is 410 g/mol. The zero-order valence-electron chi connectivity index (χ0n) is 16.8. The molecule has 1 aliphatic rings. The number of imide groups is 1. The standard InChI is InChI=1S/C22H26N4O4/c1-13(16-10-5-8-15-7-3-4-9-17(15)16)25-22(30)26-19(21(28)29)18(20(26)27)11-6-12-24-14(2)23/h3-5,7-10,13,18-19,24H,2,6,11-12,23H2,1H3,(H,25,30)(H,28,29). The van der Waals surface area contributed by atoms with Crippen molar-refractivity contribution < 1.29 is 19.5 Å². The van der Waals surface area contributed by atoms with E-state index in [0.29, 0.717) is 25.2 Å². The molecule has 0 saturated carbocycles. The Morgan fingerprint density at radius 2 is 1.93 bits per heavy atom. The fourth-order valence-electron chi connectivity index (χ4n) is 3.87. The molecule has 0 aliphatic carbocycles. The maximum atomic E-state index is 12.7. The van der Waals surface area contributed by atoms with Gasteiger partial charge in [-0.3, -0.25) is 4.79 Å². The number of hydrogen-bond acceptors (Lipinski definition) is 5. The molecule has 158 valence electrons. The second kappa shape index (κ2) is 8.86. The van der Waals surface area contributed by atoms with E-state index >= 15 is 0 Å². The summed E-state index contributed by atoms with van der Waals surface area (Å²) < 4.78 is 0. The molecule has 30 heavy (non-hydrogen) atoms. The largest absolute Gasteiger partial charge is 0.480 e. The maximum Gasteiger partial charge on any atom is 0.327 e. The van der Waals surface area contributed by atoms with Crippen LogP contribution in [0.15, 0.2) is 54.9 Å². The third kappa shape index (κ3) is 4.22. The summed E-state index contributed by atoms with van der Waals surface area (Å²) in [4.78, 5) is 37.8. The number of carboxylic acid groups (broad SMARTS) is 1. The minimum Gasteiger partial charge on any atom is -0.480 e. The Morgan fingerprint density at radius 3 is 2.63 bits per heavy atom. The second-order valence-corrected chi connectivity index (χ2v) is 7.43. The van der Waals surface area contributed by atoms with Crippen LogP contribution in [0.2, 0.25) is 0 Å². The van der Waals surface area contributed by atoms with E-state index in [0.717, 1.165) is 21.2 Å². The molecule has 1 fully saturated rings. The van der Waals surface area contributed by atoms with E-state index in [1.165, 1.54) is 0 Å². The summed E-state index contributed by atoms with van der Waals surface area (Å²) >= 11 is 0. The van der Waals surface area contributed by atoms with Crippen LogP contribution in [0.3, 0.4) is 0 Å². The number of β-lactam (4-membered cyclic amide) rings is 1. The molecule has 0 spiro atoms. The fraction of sp³-hybridized carbons (Fsp3) is 0.318. The number of urea groups is 1. The van der Waals surface area contributed by atoms with Gasteiger partial charge in [0.2, 0.25) is 5.91 Å². The Morgan fingerprint density at radius 1 is 1.23 bits per heavy atom. The lowest BCUT2D eigenvalue weighted by molar-refractivity contribution is -0.166. The van der Waals surface area contributed by atoms with E-state index in [9.17, 15) is 19.5 Å². The molecule has 1 saturated heterocycles. The molecule has 2 aromatic rings. The molecule has 0 radical (unpaired) electrons. The highest BCUT2D eigenvalue weighted by Gasteiger charge is 2.54. The first-order valence-corrected chi connectivity index (χ1v) is 9.83. The van der Waals surface area contributed by atoms with Crippen molar-refractivity contribution in [1.82, 2.24) is 15.5 Å². The van der Waals surface area contributed by atoms with Gasteiger partial charge in [-0.05, 0) is 36.1 Å². The molecule has 1 aliphatic heterocycles. The number of carbonyl (C=O) groups is 3. The van der Waals surface area contributed by atoms with Gasteiger partial charge in [-0.1, -0.05) is 49.0 Å². The van der Waals surface area contributed by atoms with Crippen LogP contribution in [0, 0.1) is 5.92 Å². The Bertz CT molecular complexity index is 985. The van der Waals surface area contributed by atoms with Crippen LogP contribution in [-0.4, -0.2) is 40.5 Å². The van der Waals surface area contributed by atoms with Crippen molar-refractivity contribution >= 4 is 28.7 Å². The minimum atomic E-state index is -1.19. The lowest BCUT2D eigenvalue weighted by Crippen LogP contribution is -2.68. The van der Waals surface area contributed by atoms with Crippen molar-refractivity contribution in [3.05, 3.63) is 60.4 Å². The van der Waals surface area contributed by atoms with Crippen LogP contribution in [0.5, 0.6) is 0 Å². The molecule has 5 N–H and O–H groups in total. The number of nitrogens with one attached hydrogen (secondary N) is 2. The summed E-state index contributed by atoms with van der Waals surface area (Å²) in [7, 11) is 0. The monoisotopic (exact) mass is 410 g/mol. The third-order valence-electron chi connectivity index (χ3n) is 5.36. The van der Waals surface area contributed by atoms with Crippen LogP contribution in [0.1, 0.15) is 31.4 Å². The average Bonchev–Trinajstić information content (AvgIpc) is 2.70. The van der Waals surface area contributed by atoms with Gasteiger partial charge in [0.05, 0.1) is 17.8 Å². The van der Waals surface area contributed by atoms with Crippen LogP contribution >= 0.6 is 0 Å². The van der Waals surface area contributed by atoms with Crippen molar-refractivity contribution in [3.63, 3.8) is 0 Å². The van der Waals surface area contributed by atoms with Gasteiger partial charge in [0, 0.05) is 6.54 Å². The summed E-state index contributed by atoms with van der Waals surface area (Å²) in [5.41, 5.74) is 6.32. The molecule has 0 bridgehead atoms. The number of hydrogen-bond donors (Lipinski definition) is 4. The summed E-state index contributed by atoms with van der Waals surface area (Å²) in [5, 5.41) is 17.2. The van der Waals surface area contributed by atoms with E-state index in [1.807, 2.05) is 49.4 Å². The van der Waals surface area contributed by atoms with E-state index in [4.69, 9.17) is 5.73 Å². The first-order chi connectivity index (χ1) is 14.3. The van der Waals surface area contributed by atoms with Gasteiger partial charge in [0.25, 0.3) is 0 Å². The molecule has 3 amide bonds. The lowest BCUT2D eigenvalue weighted by Gasteiger charge is -2.43. The third-order valence-corrected chi connectivity index (χ3v) is 5.36. The zero-order valence-corrected chi connectivity index (χ0v) is 16.8. The van der Waals surface area contributed by atoms with Crippen molar-refractivity contribution in [3.8, 4) is 0 Å². The first-order valence-electron chi connectivity index (χ1n) is 9.83. The van der Waals surface area contributed by atoms with Gasteiger partial charge in [0.1, 0.15) is 0 Å². The van der Waals surface area contributed by atoms with Crippen molar-refractivity contribution in [1.29, 1.82) is 0 Å². The lowest BCUT2D eigenvalue weighted by atomic mass is 9.84. The number of benzene rings is 2. The normalized spacial score (nSPS) is 19.1. The number of fused-ring (bicyclic) bond motifs is 1. The molecule has 2 aromatic carbocycles. The van der Waals surface area contributed by atoms with Gasteiger partial charge >= 0.3 is 12.0 Å². The van der Waals surface area contributed by atoms with Crippen LogP contribution in [0.25, 0.3) is 10.8 Å². The number of likely N-dealkylation sites (tertiary alicyclic amines) is 1. The number of aliphatic carboxylic acids is 1. The number of nitrogens with zero attached hydrogens (tertiary/aromatic N) is 1. The quantitative estimate of drug-likeness (QED) is 0.391. The maximum absolute atomic E-state index is 12.7. The van der Waals surface area contributed by atoms with Crippen molar-refractivity contribution in [2.24, 2.45) is 11.7 Å². The topological polar surface area (TPSA) is 125 Å². The molecule has 3 atom stereocenters. The highest BCUT2D eigenvalue weighted by atomic mass is 16.4. The van der Waals surface area contributed by atoms with Gasteiger partial charge < -0.3 is 21.5 Å². The van der Waals surface area contributed by atoms with E-state index in [-0.39, 0.29) is 0 Å². The molecule has 3 unspecified atom stereocenters. The van der Waals surface area contributed by atoms with Crippen molar-refractivity contribution in [2.75, 3.05) is 6.54 Å². The van der Waals surface area contributed by atoms with Gasteiger partial charge in [0.15, 0.2) is 6.04 Å². The molecular formula is C22H26N4O4.